The fraction of sp³-hybridized carbons (Fsp3) is 1.00. The number of likely N-dealkylation sites (N-methyl/N-ethyl adjacent to an activating group) is 1. The van der Waals surface area contributed by atoms with Gasteiger partial charge in [0.2, 0.25) is 0 Å². The predicted octanol–water partition coefficient (Wildman–Crippen LogP) is 2.49. The van der Waals surface area contributed by atoms with Crippen molar-refractivity contribution in [3.63, 3.8) is 0 Å². The molecule has 16 heavy (non-hydrogen) atoms. The Bertz CT molecular complexity index is 237. The highest BCUT2D eigenvalue weighted by molar-refractivity contribution is 4.92. The van der Waals surface area contributed by atoms with Crippen LogP contribution in [0.25, 0.3) is 0 Å². The third-order valence-corrected chi connectivity index (χ3v) is 4.75. The first-order valence-electron chi connectivity index (χ1n) is 6.93. The Balaban J connectivity index is 1.91. The lowest BCUT2D eigenvalue weighted by Crippen LogP contribution is -2.44. The van der Waals surface area contributed by atoms with Gasteiger partial charge in [0.15, 0.2) is 0 Å². The molecule has 0 spiro atoms. The maximum Gasteiger partial charge on any atom is 0.0204 e. The molecular weight excluding hydrogens is 196 g/mol. The molecule has 1 aliphatic heterocycles. The highest BCUT2D eigenvalue weighted by atomic mass is 15.2. The molecular formula is C14H28N2. The summed E-state index contributed by atoms with van der Waals surface area (Å²) < 4.78 is 0. The Morgan fingerprint density at radius 2 is 2.00 bits per heavy atom. The predicted molar refractivity (Wildman–Crippen MR) is 69.6 cm³/mol. The normalized spacial score (nSPS) is 40.1. The number of hydrogen-bond donors (Lipinski definition) is 1. The second-order valence-electron chi connectivity index (χ2n) is 6.72. The largest absolute Gasteiger partial charge is 0.316 e. The summed E-state index contributed by atoms with van der Waals surface area (Å²) in [4.78, 5) is 2.74. The summed E-state index contributed by atoms with van der Waals surface area (Å²) in [5, 5.41) is 3.42. The van der Waals surface area contributed by atoms with Crippen molar-refractivity contribution >= 4 is 0 Å². The van der Waals surface area contributed by atoms with Crippen LogP contribution in [0.2, 0.25) is 0 Å². The highest BCUT2D eigenvalue weighted by Crippen LogP contribution is 2.41. The maximum atomic E-state index is 3.42. The monoisotopic (exact) mass is 224 g/mol. The fourth-order valence-corrected chi connectivity index (χ4v) is 3.80. The summed E-state index contributed by atoms with van der Waals surface area (Å²) in [6, 6.07) is 1.59. The van der Waals surface area contributed by atoms with Crippen molar-refractivity contribution in [2.24, 2.45) is 11.3 Å². The van der Waals surface area contributed by atoms with Gasteiger partial charge in [-0.1, -0.05) is 20.8 Å². The molecule has 3 unspecified atom stereocenters. The molecule has 0 aromatic carbocycles. The first kappa shape index (κ1) is 12.4. The highest BCUT2D eigenvalue weighted by Gasteiger charge is 2.37. The van der Waals surface area contributed by atoms with Crippen molar-refractivity contribution in [3.05, 3.63) is 0 Å². The van der Waals surface area contributed by atoms with Crippen LogP contribution >= 0.6 is 0 Å². The number of likely N-dealkylation sites (tertiary alicyclic amines) is 1. The van der Waals surface area contributed by atoms with Crippen LogP contribution in [0.3, 0.4) is 0 Å². The maximum absolute atomic E-state index is 3.42. The minimum Gasteiger partial charge on any atom is -0.316 e. The van der Waals surface area contributed by atoms with E-state index in [0.29, 0.717) is 5.41 Å². The van der Waals surface area contributed by atoms with Crippen LogP contribution in [0.5, 0.6) is 0 Å². The molecule has 1 N–H and O–H groups in total. The van der Waals surface area contributed by atoms with Gasteiger partial charge in [-0.25, -0.2) is 0 Å². The molecule has 3 atom stereocenters. The van der Waals surface area contributed by atoms with Gasteiger partial charge in [-0.3, -0.25) is 4.90 Å². The fourth-order valence-electron chi connectivity index (χ4n) is 3.80. The molecule has 2 rings (SSSR count). The number of nitrogens with one attached hydrogen (secondary N) is 1. The van der Waals surface area contributed by atoms with Crippen molar-refractivity contribution in [2.45, 2.75) is 58.5 Å². The summed E-state index contributed by atoms with van der Waals surface area (Å²) >= 11 is 0. The van der Waals surface area contributed by atoms with Crippen LogP contribution in [-0.4, -0.2) is 37.1 Å². The van der Waals surface area contributed by atoms with Crippen molar-refractivity contribution in [3.8, 4) is 0 Å². The number of rotatable bonds is 2. The molecule has 1 aliphatic carbocycles. The topological polar surface area (TPSA) is 15.3 Å². The van der Waals surface area contributed by atoms with Gasteiger partial charge < -0.3 is 5.32 Å². The molecule has 94 valence electrons. The molecule has 2 fully saturated rings. The van der Waals surface area contributed by atoms with Gasteiger partial charge in [0.05, 0.1) is 0 Å². The lowest BCUT2D eigenvalue weighted by molar-refractivity contribution is 0.0743. The zero-order chi connectivity index (χ0) is 11.8. The zero-order valence-electron chi connectivity index (χ0n) is 11.4. The molecule has 2 aliphatic rings. The third-order valence-electron chi connectivity index (χ3n) is 4.75. The van der Waals surface area contributed by atoms with Crippen LogP contribution in [0, 0.1) is 11.3 Å². The van der Waals surface area contributed by atoms with E-state index in [1.54, 1.807) is 0 Å². The molecule has 2 nitrogen and oxygen atoms in total. The molecule has 0 bridgehead atoms. The molecule has 0 aromatic heterocycles. The van der Waals surface area contributed by atoms with Gasteiger partial charge in [0.25, 0.3) is 0 Å². The average Bonchev–Trinajstić information content (AvgIpc) is 2.64. The van der Waals surface area contributed by atoms with Crippen LogP contribution < -0.4 is 5.32 Å². The first-order chi connectivity index (χ1) is 7.52. The summed E-state index contributed by atoms with van der Waals surface area (Å²) in [7, 11) is 2.10. The standard InChI is InChI=1S/C14H28N2/c1-11-9-14(2,3)7-5-13(11)16-8-6-12(10-16)15-4/h11-13,15H,5-10H2,1-4H3. The molecule has 0 amide bonds. The van der Waals surface area contributed by atoms with Gasteiger partial charge in [-0.2, -0.15) is 0 Å². The summed E-state index contributed by atoms with van der Waals surface area (Å²) in [6.45, 7) is 9.89. The van der Waals surface area contributed by atoms with Crippen molar-refractivity contribution < 1.29 is 0 Å². The Hall–Kier alpha value is -0.0800. The second kappa shape index (κ2) is 4.66. The van der Waals surface area contributed by atoms with E-state index in [-0.39, 0.29) is 0 Å². The average molecular weight is 224 g/mol. The first-order valence-corrected chi connectivity index (χ1v) is 6.93. The Morgan fingerprint density at radius 1 is 1.25 bits per heavy atom. The SMILES string of the molecule is CNC1CCN(C2CCC(C)(C)CC2C)C1. The summed E-state index contributed by atoms with van der Waals surface area (Å²) in [5.74, 6) is 0.874. The van der Waals surface area contributed by atoms with E-state index in [4.69, 9.17) is 0 Å². The molecule has 1 saturated heterocycles. The molecule has 0 radical (unpaired) electrons. The molecule has 0 aromatic rings. The molecule has 1 heterocycles. The van der Waals surface area contributed by atoms with Crippen LogP contribution in [0.1, 0.15) is 46.5 Å². The number of nitrogens with zero attached hydrogens (tertiary/aromatic N) is 1. The van der Waals surface area contributed by atoms with E-state index in [2.05, 4.69) is 38.0 Å². The number of hydrogen-bond acceptors (Lipinski definition) is 2. The lowest BCUT2D eigenvalue weighted by Gasteiger charge is -2.43. The van der Waals surface area contributed by atoms with Crippen LogP contribution in [0.4, 0.5) is 0 Å². The second-order valence-corrected chi connectivity index (χ2v) is 6.72. The Morgan fingerprint density at radius 3 is 2.56 bits per heavy atom. The van der Waals surface area contributed by atoms with E-state index in [1.165, 1.54) is 38.8 Å². The van der Waals surface area contributed by atoms with Crippen molar-refractivity contribution in [1.29, 1.82) is 0 Å². The van der Waals surface area contributed by atoms with Gasteiger partial charge in [0.1, 0.15) is 0 Å². The minimum atomic E-state index is 0.581. The van der Waals surface area contributed by atoms with E-state index in [9.17, 15) is 0 Å². The summed E-state index contributed by atoms with van der Waals surface area (Å²) in [5.41, 5.74) is 0.581. The van der Waals surface area contributed by atoms with Gasteiger partial charge in [-0.05, 0) is 44.1 Å². The van der Waals surface area contributed by atoms with E-state index < -0.39 is 0 Å². The van der Waals surface area contributed by atoms with Gasteiger partial charge in [0, 0.05) is 25.2 Å². The van der Waals surface area contributed by atoms with E-state index in [0.717, 1.165) is 18.0 Å². The zero-order valence-corrected chi connectivity index (χ0v) is 11.4. The van der Waals surface area contributed by atoms with E-state index >= 15 is 0 Å². The Kier molecular flexibility index (Phi) is 3.60. The smallest absolute Gasteiger partial charge is 0.0204 e. The van der Waals surface area contributed by atoms with Crippen molar-refractivity contribution in [1.82, 2.24) is 10.2 Å². The molecule has 2 heteroatoms. The van der Waals surface area contributed by atoms with Gasteiger partial charge >= 0.3 is 0 Å². The summed E-state index contributed by atoms with van der Waals surface area (Å²) in [6.07, 6.45) is 5.55. The quantitative estimate of drug-likeness (QED) is 0.775. The third kappa shape index (κ3) is 2.60. The van der Waals surface area contributed by atoms with Crippen molar-refractivity contribution in [2.75, 3.05) is 20.1 Å². The lowest BCUT2D eigenvalue weighted by atomic mass is 9.70. The molecule has 1 saturated carbocycles. The van der Waals surface area contributed by atoms with Crippen LogP contribution in [-0.2, 0) is 0 Å². The Labute approximate surface area is 101 Å². The minimum absolute atomic E-state index is 0.581. The van der Waals surface area contributed by atoms with E-state index in [1.807, 2.05) is 0 Å². The van der Waals surface area contributed by atoms with Gasteiger partial charge in [-0.15, -0.1) is 0 Å². The van der Waals surface area contributed by atoms with Crippen LogP contribution in [0.15, 0.2) is 0 Å².